The summed E-state index contributed by atoms with van der Waals surface area (Å²) >= 11 is 0. The van der Waals surface area contributed by atoms with Crippen LogP contribution in [0.4, 0.5) is 0 Å². The standard InChI is InChI=1S/C15H23NOS/c1-11(16-18(17)15(2,3)4)13-9-8-12-6-5-7-14(12)10-13/h8-11,16H,5-7H2,1-4H3/t11-,18+/m0/s1. The molecule has 3 heteroatoms. The van der Waals surface area contributed by atoms with Crippen LogP contribution in [-0.4, -0.2) is 8.96 Å². The summed E-state index contributed by atoms with van der Waals surface area (Å²) < 4.78 is 15.1. The molecule has 1 N–H and O–H groups in total. The fraction of sp³-hybridized carbons (Fsp3) is 0.600. The van der Waals surface area contributed by atoms with E-state index in [0.29, 0.717) is 0 Å². The first-order chi connectivity index (χ1) is 8.38. The Labute approximate surface area is 113 Å². The predicted molar refractivity (Wildman–Crippen MR) is 77.9 cm³/mol. The third kappa shape index (κ3) is 3.01. The summed E-state index contributed by atoms with van der Waals surface area (Å²) in [5.74, 6) is 0. The molecule has 1 aliphatic carbocycles. The van der Waals surface area contributed by atoms with Gasteiger partial charge >= 0.3 is 0 Å². The van der Waals surface area contributed by atoms with Crippen LogP contribution < -0.4 is 4.72 Å². The molecule has 100 valence electrons. The number of benzene rings is 1. The molecule has 0 heterocycles. The maximum atomic E-state index is 12.1. The van der Waals surface area contributed by atoms with Gasteiger partial charge in [0, 0.05) is 6.04 Å². The van der Waals surface area contributed by atoms with Crippen LogP contribution in [0, 0.1) is 0 Å². The second-order valence-corrected chi connectivity index (χ2v) is 8.10. The van der Waals surface area contributed by atoms with Gasteiger partial charge in [-0.2, -0.15) is 0 Å². The van der Waals surface area contributed by atoms with E-state index in [9.17, 15) is 4.21 Å². The van der Waals surface area contributed by atoms with Gasteiger partial charge in [-0.3, -0.25) is 0 Å². The van der Waals surface area contributed by atoms with Crippen molar-refractivity contribution < 1.29 is 4.21 Å². The van der Waals surface area contributed by atoms with Crippen LogP contribution in [0.5, 0.6) is 0 Å². The molecular weight excluding hydrogens is 242 g/mol. The molecule has 0 radical (unpaired) electrons. The minimum absolute atomic E-state index is 0.135. The molecule has 1 aromatic carbocycles. The zero-order chi connectivity index (χ0) is 13.3. The largest absolute Gasteiger partial charge is 0.242 e. The van der Waals surface area contributed by atoms with Crippen LogP contribution >= 0.6 is 0 Å². The zero-order valence-corrected chi connectivity index (χ0v) is 12.6. The van der Waals surface area contributed by atoms with Crippen molar-refractivity contribution >= 4 is 11.0 Å². The van der Waals surface area contributed by atoms with Crippen LogP contribution in [0.3, 0.4) is 0 Å². The third-order valence-corrected chi connectivity index (χ3v) is 5.14. The van der Waals surface area contributed by atoms with Gasteiger partial charge in [-0.25, -0.2) is 8.93 Å². The average molecular weight is 265 g/mol. The maximum absolute atomic E-state index is 12.1. The van der Waals surface area contributed by atoms with Gasteiger partial charge in [0.2, 0.25) is 0 Å². The van der Waals surface area contributed by atoms with Gasteiger partial charge < -0.3 is 0 Å². The van der Waals surface area contributed by atoms with Crippen LogP contribution in [0.25, 0.3) is 0 Å². The van der Waals surface area contributed by atoms with E-state index in [1.807, 2.05) is 20.8 Å². The van der Waals surface area contributed by atoms with E-state index in [1.165, 1.54) is 36.0 Å². The predicted octanol–water partition coefficient (Wildman–Crippen LogP) is 3.29. The van der Waals surface area contributed by atoms with Gasteiger partial charge in [-0.15, -0.1) is 0 Å². The highest BCUT2D eigenvalue weighted by Gasteiger charge is 2.22. The molecule has 0 unspecified atom stereocenters. The molecule has 0 aliphatic heterocycles. The number of rotatable bonds is 3. The van der Waals surface area contributed by atoms with E-state index in [-0.39, 0.29) is 10.8 Å². The van der Waals surface area contributed by atoms with Crippen LogP contribution in [0.2, 0.25) is 0 Å². The first-order valence-corrected chi connectivity index (χ1v) is 7.82. The molecular formula is C15H23NOS. The maximum Gasteiger partial charge on any atom is 0.0975 e. The van der Waals surface area contributed by atoms with Crippen molar-refractivity contribution in [3.05, 3.63) is 34.9 Å². The smallest absolute Gasteiger partial charge is 0.0975 e. The minimum Gasteiger partial charge on any atom is -0.242 e. The van der Waals surface area contributed by atoms with Crippen LogP contribution in [0.1, 0.15) is 56.8 Å². The second-order valence-electron chi connectivity index (χ2n) is 6.10. The highest BCUT2D eigenvalue weighted by atomic mass is 32.2. The molecule has 1 aromatic rings. The lowest BCUT2D eigenvalue weighted by Gasteiger charge is -2.22. The minimum atomic E-state index is -1.02. The number of hydrogen-bond acceptors (Lipinski definition) is 1. The quantitative estimate of drug-likeness (QED) is 0.892. The summed E-state index contributed by atoms with van der Waals surface area (Å²) in [5.41, 5.74) is 4.21. The monoisotopic (exact) mass is 265 g/mol. The highest BCUT2D eigenvalue weighted by Crippen LogP contribution is 2.26. The van der Waals surface area contributed by atoms with E-state index < -0.39 is 11.0 Å². The van der Waals surface area contributed by atoms with Crippen LogP contribution in [-0.2, 0) is 23.8 Å². The fourth-order valence-corrected chi connectivity index (χ4v) is 3.08. The van der Waals surface area contributed by atoms with Crippen molar-refractivity contribution in [2.24, 2.45) is 0 Å². The second kappa shape index (κ2) is 5.14. The molecule has 0 bridgehead atoms. The van der Waals surface area contributed by atoms with Gasteiger partial charge in [0.15, 0.2) is 0 Å². The first-order valence-electron chi connectivity index (χ1n) is 6.67. The Morgan fingerprint density at radius 2 is 1.89 bits per heavy atom. The van der Waals surface area contributed by atoms with E-state index in [1.54, 1.807) is 0 Å². The van der Waals surface area contributed by atoms with E-state index in [4.69, 9.17) is 0 Å². The molecule has 0 saturated heterocycles. The first kappa shape index (κ1) is 13.8. The van der Waals surface area contributed by atoms with Gasteiger partial charge in [-0.05, 0) is 63.6 Å². The van der Waals surface area contributed by atoms with E-state index in [2.05, 4.69) is 29.8 Å². The van der Waals surface area contributed by atoms with Crippen molar-refractivity contribution in [3.63, 3.8) is 0 Å². The van der Waals surface area contributed by atoms with Gasteiger partial charge in [0.25, 0.3) is 0 Å². The molecule has 1 aliphatic rings. The summed E-state index contributed by atoms with van der Waals surface area (Å²) in [6.07, 6.45) is 3.68. The molecule has 18 heavy (non-hydrogen) atoms. The average Bonchev–Trinajstić information content (AvgIpc) is 2.74. The number of fused-ring (bicyclic) bond motifs is 1. The molecule has 0 amide bonds. The van der Waals surface area contributed by atoms with Crippen LogP contribution in [0.15, 0.2) is 18.2 Å². The normalized spacial score (nSPS) is 18.4. The SMILES string of the molecule is C[C@H](N[S@](=O)C(C)(C)C)c1ccc2c(c1)CCC2. The Bertz CT molecular complexity index is 462. The molecule has 0 fully saturated rings. The summed E-state index contributed by atoms with van der Waals surface area (Å²) in [5, 5.41) is 0. The van der Waals surface area contributed by atoms with E-state index in [0.717, 1.165) is 0 Å². The van der Waals surface area contributed by atoms with Crippen molar-refractivity contribution in [2.75, 3.05) is 0 Å². The summed E-state index contributed by atoms with van der Waals surface area (Å²) in [7, 11) is -1.02. The lowest BCUT2D eigenvalue weighted by atomic mass is 10.0. The Morgan fingerprint density at radius 1 is 1.22 bits per heavy atom. The summed E-state index contributed by atoms with van der Waals surface area (Å²) in [6, 6.07) is 6.81. The molecule has 0 aromatic heterocycles. The topological polar surface area (TPSA) is 29.1 Å². The zero-order valence-electron chi connectivity index (χ0n) is 11.7. The number of hydrogen-bond donors (Lipinski definition) is 1. The number of aryl methyl sites for hydroxylation is 2. The Kier molecular flexibility index (Phi) is 3.93. The Morgan fingerprint density at radius 3 is 2.56 bits per heavy atom. The Balaban J connectivity index is 2.10. The number of nitrogens with one attached hydrogen (secondary N) is 1. The van der Waals surface area contributed by atoms with Crippen molar-refractivity contribution in [2.45, 2.75) is 57.7 Å². The molecule has 0 spiro atoms. The highest BCUT2D eigenvalue weighted by molar-refractivity contribution is 7.84. The third-order valence-electron chi connectivity index (χ3n) is 3.46. The lowest BCUT2D eigenvalue weighted by Crippen LogP contribution is -2.34. The van der Waals surface area contributed by atoms with Crippen molar-refractivity contribution in [1.29, 1.82) is 0 Å². The van der Waals surface area contributed by atoms with Gasteiger partial charge in [0.1, 0.15) is 0 Å². The Hall–Kier alpha value is -0.670. The molecule has 2 rings (SSSR count). The summed E-state index contributed by atoms with van der Waals surface area (Å²) in [4.78, 5) is 0. The van der Waals surface area contributed by atoms with Gasteiger partial charge in [0.05, 0.1) is 15.7 Å². The van der Waals surface area contributed by atoms with E-state index >= 15 is 0 Å². The molecule has 2 atom stereocenters. The molecule has 2 nitrogen and oxygen atoms in total. The lowest BCUT2D eigenvalue weighted by molar-refractivity contribution is 0.616. The van der Waals surface area contributed by atoms with Crippen molar-refractivity contribution in [1.82, 2.24) is 4.72 Å². The summed E-state index contributed by atoms with van der Waals surface area (Å²) in [6.45, 7) is 8.06. The van der Waals surface area contributed by atoms with Gasteiger partial charge in [-0.1, -0.05) is 18.2 Å². The fourth-order valence-electron chi connectivity index (χ4n) is 2.27. The molecule has 0 saturated carbocycles. The van der Waals surface area contributed by atoms with Crippen molar-refractivity contribution in [3.8, 4) is 0 Å².